The summed E-state index contributed by atoms with van der Waals surface area (Å²) in [6.07, 6.45) is 0. The lowest BCUT2D eigenvalue weighted by Crippen LogP contribution is -2.22. The highest BCUT2D eigenvalue weighted by atomic mass is 79.9. The number of hydrogen-bond acceptors (Lipinski definition) is 3. The van der Waals surface area contributed by atoms with E-state index < -0.39 is 0 Å². The van der Waals surface area contributed by atoms with Crippen LogP contribution in [-0.4, -0.2) is 18.4 Å². The highest BCUT2D eigenvalue weighted by Crippen LogP contribution is 2.17. The molecule has 0 aliphatic carbocycles. The molecule has 0 aliphatic rings. The Labute approximate surface area is 150 Å². The van der Waals surface area contributed by atoms with Gasteiger partial charge in [-0.1, -0.05) is 41.9 Å². The van der Waals surface area contributed by atoms with E-state index in [9.17, 15) is 9.59 Å². The predicted octanol–water partition coefficient (Wildman–Crippen LogP) is 4.09. The van der Waals surface area contributed by atoms with E-state index in [1.165, 1.54) is 0 Å². The molecule has 0 aromatic heterocycles. The van der Waals surface area contributed by atoms with Crippen LogP contribution in [0.25, 0.3) is 0 Å². The summed E-state index contributed by atoms with van der Waals surface area (Å²) >= 11 is 3.36. The van der Waals surface area contributed by atoms with Crippen molar-refractivity contribution in [2.75, 3.05) is 22.5 Å². The molecule has 0 fully saturated rings. The summed E-state index contributed by atoms with van der Waals surface area (Å²) in [6, 6.07) is 14.7. The van der Waals surface area contributed by atoms with Crippen molar-refractivity contribution in [3.05, 3.63) is 53.0 Å². The molecule has 2 aromatic rings. The number of carbonyl (C=O) groups is 2. The van der Waals surface area contributed by atoms with E-state index in [4.69, 9.17) is 0 Å². The van der Waals surface area contributed by atoms with Crippen molar-refractivity contribution in [1.82, 2.24) is 0 Å². The van der Waals surface area contributed by atoms with Crippen molar-refractivity contribution >= 4 is 44.8 Å². The zero-order valence-corrected chi connectivity index (χ0v) is 15.2. The van der Waals surface area contributed by atoms with Crippen molar-refractivity contribution < 1.29 is 9.59 Å². The lowest BCUT2D eigenvalue weighted by Gasteiger charge is -2.11. The fourth-order valence-corrected chi connectivity index (χ4v) is 2.35. The molecule has 2 rings (SSSR count). The zero-order valence-electron chi connectivity index (χ0n) is 13.6. The van der Waals surface area contributed by atoms with E-state index in [-0.39, 0.29) is 24.3 Å². The number of benzene rings is 2. The van der Waals surface area contributed by atoms with Crippen LogP contribution in [0.4, 0.5) is 17.1 Å². The lowest BCUT2D eigenvalue weighted by atomic mass is 10.2. The van der Waals surface area contributed by atoms with Gasteiger partial charge in [0, 0.05) is 27.5 Å². The maximum atomic E-state index is 12.0. The Morgan fingerprint density at radius 3 is 2.25 bits per heavy atom. The van der Waals surface area contributed by atoms with E-state index in [1.54, 1.807) is 6.07 Å². The van der Waals surface area contributed by atoms with Gasteiger partial charge in [-0.25, -0.2) is 0 Å². The van der Waals surface area contributed by atoms with Crippen LogP contribution in [0.2, 0.25) is 0 Å². The van der Waals surface area contributed by atoms with Gasteiger partial charge >= 0.3 is 0 Å². The van der Waals surface area contributed by atoms with Gasteiger partial charge in [0.05, 0.1) is 6.54 Å². The number of carbonyl (C=O) groups excluding carboxylic acids is 2. The van der Waals surface area contributed by atoms with Crippen LogP contribution in [0, 0.1) is 5.92 Å². The van der Waals surface area contributed by atoms with Gasteiger partial charge in [-0.05, 0) is 36.4 Å². The second kappa shape index (κ2) is 8.49. The second-order valence-electron chi connectivity index (χ2n) is 5.64. The van der Waals surface area contributed by atoms with Crippen LogP contribution in [-0.2, 0) is 9.59 Å². The Morgan fingerprint density at radius 1 is 0.958 bits per heavy atom. The fourth-order valence-electron chi connectivity index (χ4n) is 1.95. The summed E-state index contributed by atoms with van der Waals surface area (Å²) < 4.78 is 0.904. The molecule has 0 saturated carbocycles. The predicted molar refractivity (Wildman–Crippen MR) is 101 cm³/mol. The van der Waals surface area contributed by atoms with Crippen molar-refractivity contribution in [3.63, 3.8) is 0 Å². The summed E-state index contributed by atoms with van der Waals surface area (Å²) in [5.41, 5.74) is 2.20. The van der Waals surface area contributed by atoms with Gasteiger partial charge in [0.2, 0.25) is 11.8 Å². The van der Waals surface area contributed by atoms with Gasteiger partial charge < -0.3 is 16.0 Å². The first kappa shape index (κ1) is 18.0. The van der Waals surface area contributed by atoms with E-state index in [0.717, 1.165) is 15.8 Å². The van der Waals surface area contributed by atoms with Crippen LogP contribution >= 0.6 is 15.9 Å². The van der Waals surface area contributed by atoms with E-state index >= 15 is 0 Å². The van der Waals surface area contributed by atoms with E-state index in [0.29, 0.717) is 5.69 Å². The first-order chi connectivity index (χ1) is 11.4. The van der Waals surface area contributed by atoms with Gasteiger partial charge in [-0.2, -0.15) is 0 Å². The van der Waals surface area contributed by atoms with E-state index in [2.05, 4.69) is 31.9 Å². The van der Waals surface area contributed by atoms with Crippen LogP contribution < -0.4 is 16.0 Å². The molecule has 3 N–H and O–H groups in total. The Bertz CT molecular complexity index is 732. The van der Waals surface area contributed by atoms with Crippen LogP contribution in [0.15, 0.2) is 53.0 Å². The Kier molecular flexibility index (Phi) is 6.37. The topological polar surface area (TPSA) is 70.2 Å². The number of anilines is 3. The maximum Gasteiger partial charge on any atom is 0.243 e. The van der Waals surface area contributed by atoms with Crippen molar-refractivity contribution in [2.45, 2.75) is 13.8 Å². The first-order valence-corrected chi connectivity index (χ1v) is 8.43. The van der Waals surface area contributed by atoms with E-state index in [1.807, 2.05) is 56.3 Å². The third-order valence-electron chi connectivity index (χ3n) is 3.22. The average molecular weight is 390 g/mol. The number of hydrogen-bond donors (Lipinski definition) is 3. The summed E-state index contributed by atoms with van der Waals surface area (Å²) in [5.74, 6) is -0.276. The highest BCUT2D eigenvalue weighted by molar-refractivity contribution is 9.10. The molecule has 5 nitrogen and oxygen atoms in total. The van der Waals surface area contributed by atoms with Gasteiger partial charge in [0.1, 0.15) is 0 Å². The normalized spacial score (nSPS) is 10.3. The summed E-state index contributed by atoms with van der Waals surface area (Å²) in [4.78, 5) is 23.7. The van der Waals surface area contributed by atoms with Crippen molar-refractivity contribution in [3.8, 4) is 0 Å². The molecule has 0 aliphatic heterocycles. The smallest absolute Gasteiger partial charge is 0.243 e. The molecular weight excluding hydrogens is 370 g/mol. The molecule has 126 valence electrons. The Hall–Kier alpha value is -2.34. The number of nitrogens with one attached hydrogen (secondary N) is 3. The SMILES string of the molecule is CC(C)C(=O)Nc1cccc(NCC(=O)Nc2cccc(Br)c2)c1. The largest absolute Gasteiger partial charge is 0.376 e. The Morgan fingerprint density at radius 2 is 1.58 bits per heavy atom. The third kappa shape index (κ3) is 5.70. The molecule has 0 saturated heterocycles. The molecule has 0 heterocycles. The van der Waals surface area contributed by atoms with Gasteiger partial charge in [0.15, 0.2) is 0 Å². The van der Waals surface area contributed by atoms with Crippen LogP contribution in [0.3, 0.4) is 0 Å². The summed E-state index contributed by atoms with van der Waals surface area (Å²) in [5, 5.41) is 8.69. The minimum Gasteiger partial charge on any atom is -0.376 e. The van der Waals surface area contributed by atoms with Gasteiger partial charge in [0.25, 0.3) is 0 Å². The third-order valence-corrected chi connectivity index (χ3v) is 3.71. The Balaban J connectivity index is 1.89. The molecule has 0 bridgehead atoms. The molecule has 6 heteroatoms. The lowest BCUT2D eigenvalue weighted by molar-refractivity contribution is -0.119. The summed E-state index contributed by atoms with van der Waals surface area (Å²) in [6.45, 7) is 3.81. The van der Waals surface area contributed by atoms with Crippen LogP contribution in [0.1, 0.15) is 13.8 Å². The fraction of sp³-hybridized carbons (Fsp3) is 0.222. The number of rotatable bonds is 6. The average Bonchev–Trinajstić information content (AvgIpc) is 2.53. The summed E-state index contributed by atoms with van der Waals surface area (Å²) in [7, 11) is 0. The van der Waals surface area contributed by atoms with Gasteiger partial charge in [-0.15, -0.1) is 0 Å². The zero-order chi connectivity index (χ0) is 17.5. The molecule has 2 amide bonds. The van der Waals surface area contributed by atoms with Gasteiger partial charge in [-0.3, -0.25) is 9.59 Å². The molecule has 0 spiro atoms. The molecule has 0 unspecified atom stereocenters. The molecule has 0 radical (unpaired) electrons. The maximum absolute atomic E-state index is 12.0. The number of halogens is 1. The van der Waals surface area contributed by atoms with Crippen LogP contribution in [0.5, 0.6) is 0 Å². The first-order valence-electron chi connectivity index (χ1n) is 7.64. The minimum absolute atomic E-state index is 0.0421. The molecule has 24 heavy (non-hydrogen) atoms. The molecule has 0 atom stereocenters. The molecule has 2 aromatic carbocycles. The number of amides is 2. The molecular formula is C18H20BrN3O2. The van der Waals surface area contributed by atoms with Crippen molar-refractivity contribution in [1.29, 1.82) is 0 Å². The van der Waals surface area contributed by atoms with Crippen molar-refractivity contribution in [2.24, 2.45) is 5.92 Å². The monoisotopic (exact) mass is 389 g/mol. The quantitative estimate of drug-likeness (QED) is 0.696. The minimum atomic E-state index is -0.148. The second-order valence-corrected chi connectivity index (χ2v) is 6.55. The highest BCUT2D eigenvalue weighted by Gasteiger charge is 2.08. The standard InChI is InChI=1S/C18H20BrN3O2/c1-12(2)18(24)22-16-8-4-6-14(10-16)20-11-17(23)21-15-7-3-5-13(19)9-15/h3-10,12,20H,11H2,1-2H3,(H,21,23)(H,22,24).